The largest absolute Gasteiger partial charge is 0.493 e. The molecule has 0 fully saturated rings. The number of nitriles is 1. The molecular formula is C28H23BrClN3O3. The standard InChI is InChI=1S/C28H23BrClN3O3/c1-35-26-14-19(13-24(29)27(26)36-17-18-6-8-22(30)9-7-18)12-21(15-31)28(34)32-11-10-20-16-33-25-5-3-2-4-23(20)25/h2-9,12-14,16,33H,10-11,17H2,1H3,(H,32,34)/b21-12-. The average molecular weight is 565 g/mol. The van der Waals surface area contributed by atoms with Crippen molar-refractivity contribution in [2.45, 2.75) is 13.0 Å². The number of amides is 1. The number of nitrogens with zero attached hydrogens (tertiary/aromatic N) is 1. The van der Waals surface area contributed by atoms with E-state index < -0.39 is 5.91 Å². The number of hydrogen-bond acceptors (Lipinski definition) is 4. The summed E-state index contributed by atoms with van der Waals surface area (Å²) in [5.41, 5.74) is 3.74. The van der Waals surface area contributed by atoms with E-state index in [9.17, 15) is 10.1 Å². The van der Waals surface area contributed by atoms with Crippen molar-refractivity contribution >= 4 is 50.4 Å². The first kappa shape index (κ1) is 25.4. The molecule has 0 aliphatic carbocycles. The number of methoxy groups -OCH3 is 1. The van der Waals surface area contributed by atoms with Crippen molar-refractivity contribution in [1.29, 1.82) is 5.26 Å². The quantitative estimate of drug-likeness (QED) is 0.181. The van der Waals surface area contributed by atoms with Crippen LogP contribution in [-0.2, 0) is 17.8 Å². The second kappa shape index (κ2) is 11.8. The van der Waals surface area contributed by atoms with Gasteiger partial charge in [0.25, 0.3) is 5.91 Å². The van der Waals surface area contributed by atoms with Crippen molar-refractivity contribution in [3.05, 3.63) is 98.6 Å². The van der Waals surface area contributed by atoms with Gasteiger partial charge < -0.3 is 19.8 Å². The van der Waals surface area contributed by atoms with Crippen molar-refractivity contribution in [1.82, 2.24) is 10.3 Å². The molecule has 0 bridgehead atoms. The van der Waals surface area contributed by atoms with E-state index in [0.29, 0.717) is 46.1 Å². The summed E-state index contributed by atoms with van der Waals surface area (Å²) in [6, 6.07) is 20.9. The minimum atomic E-state index is -0.435. The van der Waals surface area contributed by atoms with Gasteiger partial charge in [-0.15, -0.1) is 0 Å². The molecule has 1 amide bonds. The minimum absolute atomic E-state index is 0.00212. The molecule has 1 heterocycles. The molecule has 0 saturated heterocycles. The van der Waals surface area contributed by atoms with Crippen molar-refractivity contribution in [2.24, 2.45) is 0 Å². The highest BCUT2D eigenvalue weighted by atomic mass is 79.9. The van der Waals surface area contributed by atoms with Gasteiger partial charge in [-0.3, -0.25) is 4.79 Å². The molecule has 4 aromatic rings. The molecule has 182 valence electrons. The maximum Gasteiger partial charge on any atom is 0.261 e. The first-order valence-electron chi connectivity index (χ1n) is 11.2. The molecule has 0 spiro atoms. The summed E-state index contributed by atoms with van der Waals surface area (Å²) in [4.78, 5) is 15.9. The van der Waals surface area contributed by atoms with Gasteiger partial charge in [-0.05, 0) is 75.4 Å². The zero-order valence-electron chi connectivity index (χ0n) is 19.5. The molecule has 0 aliphatic heterocycles. The monoisotopic (exact) mass is 563 g/mol. The summed E-state index contributed by atoms with van der Waals surface area (Å²) in [5.74, 6) is 0.559. The first-order valence-corrected chi connectivity index (χ1v) is 12.4. The third-order valence-corrected chi connectivity index (χ3v) is 6.42. The fourth-order valence-corrected chi connectivity index (χ4v) is 4.46. The van der Waals surface area contributed by atoms with Crippen LogP contribution in [0.3, 0.4) is 0 Å². The van der Waals surface area contributed by atoms with Crippen LogP contribution in [0.5, 0.6) is 11.5 Å². The molecule has 4 rings (SSSR count). The molecule has 0 unspecified atom stereocenters. The SMILES string of the molecule is COc1cc(/C=C(/C#N)C(=O)NCCc2c[nH]c3ccccc23)cc(Br)c1OCc1ccc(Cl)cc1. The second-order valence-corrected chi connectivity index (χ2v) is 9.28. The second-order valence-electron chi connectivity index (χ2n) is 7.98. The highest BCUT2D eigenvalue weighted by Gasteiger charge is 2.14. The number of aromatic amines is 1. The Morgan fingerprint density at radius 3 is 2.72 bits per heavy atom. The number of H-pyrrole nitrogens is 1. The maximum atomic E-state index is 12.7. The number of para-hydroxylation sites is 1. The third kappa shape index (κ3) is 6.09. The van der Waals surface area contributed by atoms with E-state index >= 15 is 0 Å². The van der Waals surface area contributed by atoms with Crippen molar-refractivity contribution in [3.63, 3.8) is 0 Å². The zero-order valence-corrected chi connectivity index (χ0v) is 21.8. The number of benzene rings is 3. The number of carbonyl (C=O) groups excluding carboxylic acids is 1. The summed E-state index contributed by atoms with van der Waals surface area (Å²) in [5, 5.41) is 14.2. The van der Waals surface area contributed by atoms with E-state index in [1.165, 1.54) is 13.2 Å². The molecule has 0 aliphatic rings. The Morgan fingerprint density at radius 2 is 1.97 bits per heavy atom. The van der Waals surface area contributed by atoms with Crippen LogP contribution in [0.2, 0.25) is 5.02 Å². The summed E-state index contributed by atoms with van der Waals surface area (Å²) in [7, 11) is 1.53. The molecule has 0 saturated carbocycles. The molecule has 1 aromatic heterocycles. The highest BCUT2D eigenvalue weighted by molar-refractivity contribution is 9.10. The normalized spacial score (nSPS) is 11.2. The van der Waals surface area contributed by atoms with Gasteiger partial charge in [0.2, 0.25) is 0 Å². The molecule has 0 radical (unpaired) electrons. The first-order chi connectivity index (χ1) is 17.5. The number of aromatic nitrogens is 1. The molecule has 2 N–H and O–H groups in total. The number of ether oxygens (including phenoxy) is 2. The van der Waals surface area contributed by atoms with Gasteiger partial charge in [-0.1, -0.05) is 41.9 Å². The van der Waals surface area contributed by atoms with Crippen LogP contribution in [0.1, 0.15) is 16.7 Å². The van der Waals surface area contributed by atoms with Gasteiger partial charge in [-0.2, -0.15) is 5.26 Å². The Morgan fingerprint density at radius 1 is 1.19 bits per heavy atom. The van der Waals surface area contributed by atoms with Crippen LogP contribution in [0.15, 0.2) is 76.9 Å². The lowest BCUT2D eigenvalue weighted by molar-refractivity contribution is -0.117. The van der Waals surface area contributed by atoms with Gasteiger partial charge in [-0.25, -0.2) is 0 Å². The minimum Gasteiger partial charge on any atom is -0.493 e. The van der Waals surface area contributed by atoms with E-state index in [1.807, 2.05) is 48.7 Å². The Balaban J connectivity index is 1.43. The fraction of sp³-hybridized carbons (Fsp3) is 0.143. The summed E-state index contributed by atoms with van der Waals surface area (Å²) in [6.07, 6.45) is 4.11. The van der Waals surface area contributed by atoms with Gasteiger partial charge in [0, 0.05) is 28.7 Å². The Kier molecular flexibility index (Phi) is 8.32. The molecule has 6 nitrogen and oxygen atoms in total. The summed E-state index contributed by atoms with van der Waals surface area (Å²) < 4.78 is 12.1. The van der Waals surface area contributed by atoms with Crippen molar-refractivity contribution in [2.75, 3.05) is 13.7 Å². The molecular weight excluding hydrogens is 542 g/mol. The third-order valence-electron chi connectivity index (χ3n) is 5.58. The van der Waals surface area contributed by atoms with E-state index in [-0.39, 0.29) is 5.57 Å². The van der Waals surface area contributed by atoms with E-state index in [4.69, 9.17) is 21.1 Å². The number of halogens is 2. The van der Waals surface area contributed by atoms with Gasteiger partial charge in [0.15, 0.2) is 11.5 Å². The number of fused-ring (bicyclic) bond motifs is 1. The molecule has 36 heavy (non-hydrogen) atoms. The lowest BCUT2D eigenvalue weighted by atomic mass is 10.1. The smallest absolute Gasteiger partial charge is 0.261 e. The predicted molar refractivity (Wildman–Crippen MR) is 145 cm³/mol. The highest BCUT2D eigenvalue weighted by Crippen LogP contribution is 2.37. The van der Waals surface area contributed by atoms with E-state index in [0.717, 1.165) is 22.0 Å². The lowest BCUT2D eigenvalue weighted by Crippen LogP contribution is -2.26. The number of hydrogen-bond donors (Lipinski definition) is 2. The predicted octanol–water partition coefficient (Wildman–Crippen LogP) is 6.44. The summed E-state index contributed by atoms with van der Waals surface area (Å²) >= 11 is 9.46. The average Bonchev–Trinajstić information content (AvgIpc) is 3.30. The zero-order chi connectivity index (χ0) is 25.5. The van der Waals surface area contributed by atoms with Crippen LogP contribution >= 0.6 is 27.5 Å². The number of nitrogens with one attached hydrogen (secondary N) is 2. The van der Waals surface area contributed by atoms with Crippen LogP contribution < -0.4 is 14.8 Å². The molecule has 3 aromatic carbocycles. The van der Waals surface area contributed by atoms with Gasteiger partial charge in [0.1, 0.15) is 18.2 Å². The Hall–Kier alpha value is -3.73. The van der Waals surface area contributed by atoms with Gasteiger partial charge in [0.05, 0.1) is 11.6 Å². The van der Waals surface area contributed by atoms with Crippen molar-refractivity contribution in [3.8, 4) is 17.6 Å². The van der Waals surface area contributed by atoms with E-state index in [1.54, 1.807) is 24.3 Å². The number of carbonyl (C=O) groups is 1. The van der Waals surface area contributed by atoms with Crippen LogP contribution in [0.4, 0.5) is 0 Å². The van der Waals surface area contributed by atoms with Crippen LogP contribution in [0.25, 0.3) is 17.0 Å². The molecule has 8 heteroatoms. The van der Waals surface area contributed by atoms with Crippen LogP contribution in [-0.4, -0.2) is 24.5 Å². The van der Waals surface area contributed by atoms with E-state index in [2.05, 4.69) is 26.2 Å². The van der Waals surface area contributed by atoms with Crippen LogP contribution in [0, 0.1) is 11.3 Å². The maximum absolute atomic E-state index is 12.7. The fourth-order valence-electron chi connectivity index (χ4n) is 3.76. The molecule has 0 atom stereocenters. The Bertz CT molecular complexity index is 1460. The number of rotatable bonds is 9. The lowest BCUT2D eigenvalue weighted by Gasteiger charge is -2.14. The topological polar surface area (TPSA) is 87.1 Å². The van der Waals surface area contributed by atoms with Gasteiger partial charge >= 0.3 is 0 Å². The van der Waals surface area contributed by atoms with Crippen molar-refractivity contribution < 1.29 is 14.3 Å². The Labute approximate surface area is 222 Å². The summed E-state index contributed by atoms with van der Waals surface area (Å²) in [6.45, 7) is 0.730.